The normalized spacial score (nSPS) is 14.1. The van der Waals surface area contributed by atoms with Gasteiger partial charge in [0.1, 0.15) is 0 Å². The average Bonchev–Trinajstić information content (AvgIpc) is 2.51. The second-order valence-corrected chi connectivity index (χ2v) is 8.28. The van der Waals surface area contributed by atoms with Crippen LogP contribution >= 0.6 is 27.0 Å². The van der Waals surface area contributed by atoms with E-state index in [1.165, 1.54) is 20.3 Å². The van der Waals surface area contributed by atoms with Crippen LogP contribution in [0, 0.1) is 0 Å². The summed E-state index contributed by atoms with van der Waals surface area (Å²) in [6.45, 7) is 0. The van der Waals surface area contributed by atoms with Crippen LogP contribution in [0.3, 0.4) is 0 Å². The third-order valence-electron chi connectivity index (χ3n) is 2.61. The maximum atomic E-state index is 12.6. The maximum absolute atomic E-state index is 12.6. The van der Waals surface area contributed by atoms with Crippen molar-refractivity contribution in [1.29, 1.82) is 0 Å². The van der Waals surface area contributed by atoms with Gasteiger partial charge < -0.3 is 9.05 Å². The van der Waals surface area contributed by atoms with E-state index in [4.69, 9.17) is 34.2 Å². The van der Waals surface area contributed by atoms with Crippen LogP contribution in [0.1, 0.15) is 11.4 Å². The Bertz CT molecular complexity index is 549. The van der Waals surface area contributed by atoms with Crippen LogP contribution in [0.15, 0.2) is 24.3 Å². The quantitative estimate of drug-likeness (QED) is 0.643. The van der Waals surface area contributed by atoms with Crippen molar-refractivity contribution >= 4 is 27.0 Å². The molecule has 0 spiro atoms. The minimum absolute atomic E-state index is 0.351. The lowest BCUT2D eigenvalue weighted by molar-refractivity contribution is 0.116. The highest BCUT2D eigenvalue weighted by Crippen LogP contribution is 2.66. The summed E-state index contributed by atoms with van der Waals surface area (Å²) < 4.78 is 49.3. The summed E-state index contributed by atoms with van der Waals surface area (Å²) >= 11 is 5.91. The molecule has 7 nitrogen and oxygen atoms in total. The average molecular weight is 359 g/mol. The van der Waals surface area contributed by atoms with Crippen LogP contribution in [0.25, 0.3) is 0 Å². The van der Waals surface area contributed by atoms with Crippen molar-refractivity contribution in [3.8, 4) is 0 Å². The molecule has 0 saturated heterocycles. The van der Waals surface area contributed by atoms with E-state index in [9.17, 15) is 9.13 Å². The Balaban J connectivity index is 3.30. The summed E-state index contributed by atoms with van der Waals surface area (Å²) in [5.41, 5.74) is 0.351. The van der Waals surface area contributed by atoms with E-state index < -0.39 is 21.3 Å². The minimum Gasteiger partial charge on any atom is -0.310 e. The lowest BCUT2D eigenvalue weighted by Gasteiger charge is -2.26. The summed E-state index contributed by atoms with van der Waals surface area (Å²) in [6, 6.07) is 6.32. The molecule has 0 radical (unpaired) electrons. The Morgan fingerprint density at radius 3 is 2.00 bits per heavy atom. The lowest BCUT2D eigenvalue weighted by atomic mass is 10.2. The molecule has 120 valence electrons. The van der Waals surface area contributed by atoms with Gasteiger partial charge in [-0.2, -0.15) is 0 Å². The van der Waals surface area contributed by atoms with Crippen LogP contribution in [0.2, 0.25) is 5.02 Å². The molecule has 0 saturated carbocycles. The van der Waals surface area contributed by atoms with E-state index in [1.54, 1.807) is 18.2 Å². The Kier molecular flexibility index (Phi) is 7.04. The van der Waals surface area contributed by atoms with Crippen molar-refractivity contribution in [3.05, 3.63) is 34.9 Å². The van der Waals surface area contributed by atoms with Crippen LogP contribution in [0.4, 0.5) is 0 Å². The zero-order valence-corrected chi connectivity index (χ0v) is 14.6. The SMILES string of the molecule is COP(=O)(OC)OC(c1cccc(Cl)c1)P(=O)(OC)OC. The Morgan fingerprint density at radius 1 is 1.00 bits per heavy atom. The van der Waals surface area contributed by atoms with Gasteiger partial charge in [0.2, 0.25) is 0 Å². The van der Waals surface area contributed by atoms with Crippen molar-refractivity contribution < 1.29 is 31.7 Å². The van der Waals surface area contributed by atoms with Gasteiger partial charge in [-0.05, 0) is 17.7 Å². The Hall–Kier alpha value is -0.230. The molecule has 1 rings (SSSR count). The van der Waals surface area contributed by atoms with E-state index >= 15 is 0 Å². The van der Waals surface area contributed by atoms with Gasteiger partial charge in [0.05, 0.1) is 0 Å². The number of phosphoric ester groups is 1. The molecule has 0 amide bonds. The maximum Gasteiger partial charge on any atom is 0.475 e. The molecule has 0 heterocycles. The van der Waals surface area contributed by atoms with Crippen molar-refractivity contribution in [2.45, 2.75) is 5.85 Å². The largest absolute Gasteiger partial charge is 0.475 e. The van der Waals surface area contributed by atoms with Gasteiger partial charge in [-0.15, -0.1) is 0 Å². The summed E-state index contributed by atoms with van der Waals surface area (Å²) in [7, 11) is -3.02. The first-order valence-corrected chi connectivity index (χ1v) is 9.15. The summed E-state index contributed by atoms with van der Waals surface area (Å²) in [5.74, 6) is -1.32. The first-order valence-electron chi connectivity index (χ1n) is 5.70. The van der Waals surface area contributed by atoms with E-state index in [-0.39, 0.29) is 0 Å². The van der Waals surface area contributed by atoms with E-state index in [2.05, 4.69) is 0 Å². The molecule has 0 N–H and O–H groups in total. The summed E-state index contributed by atoms with van der Waals surface area (Å²) in [6.07, 6.45) is 0. The fourth-order valence-corrected chi connectivity index (χ4v) is 4.26. The zero-order valence-electron chi connectivity index (χ0n) is 12.0. The first-order chi connectivity index (χ1) is 9.84. The third-order valence-corrected chi connectivity index (χ3v) is 6.37. The standard InChI is InChI=1S/C11H17ClO7P2/c1-15-20(13,16-2)11(19-21(14,17-3)18-4)9-6-5-7-10(12)8-9/h5-8,11H,1-4H3. The predicted molar refractivity (Wildman–Crippen MR) is 78.5 cm³/mol. The molecule has 0 aliphatic rings. The fourth-order valence-electron chi connectivity index (χ4n) is 1.51. The van der Waals surface area contributed by atoms with Crippen molar-refractivity contribution in [3.63, 3.8) is 0 Å². The molecular formula is C11H17ClO7P2. The van der Waals surface area contributed by atoms with Crippen LogP contribution in [-0.4, -0.2) is 28.4 Å². The van der Waals surface area contributed by atoms with Crippen molar-refractivity contribution in [2.75, 3.05) is 28.4 Å². The van der Waals surface area contributed by atoms with Gasteiger partial charge in [0, 0.05) is 33.5 Å². The second kappa shape index (κ2) is 7.86. The smallest absolute Gasteiger partial charge is 0.310 e. The number of benzene rings is 1. The number of hydrogen-bond acceptors (Lipinski definition) is 7. The number of hydrogen-bond donors (Lipinski definition) is 0. The summed E-state index contributed by atoms with van der Waals surface area (Å²) in [5, 5.41) is 0.379. The van der Waals surface area contributed by atoms with Gasteiger partial charge in [0.25, 0.3) is 0 Å². The van der Waals surface area contributed by atoms with Gasteiger partial charge >= 0.3 is 15.4 Å². The Labute approximate surface area is 128 Å². The lowest BCUT2D eigenvalue weighted by Crippen LogP contribution is -2.08. The molecule has 1 aromatic rings. The molecule has 0 aromatic heterocycles. The number of rotatable bonds is 8. The van der Waals surface area contributed by atoms with Crippen LogP contribution in [-0.2, 0) is 31.7 Å². The van der Waals surface area contributed by atoms with Gasteiger partial charge in [-0.25, -0.2) is 4.57 Å². The fraction of sp³-hybridized carbons (Fsp3) is 0.455. The van der Waals surface area contributed by atoms with Crippen LogP contribution < -0.4 is 0 Å². The minimum atomic E-state index is -3.92. The van der Waals surface area contributed by atoms with Gasteiger partial charge in [0.15, 0.2) is 5.85 Å². The molecule has 10 heteroatoms. The monoisotopic (exact) mass is 358 g/mol. The molecule has 0 bridgehead atoms. The molecule has 1 unspecified atom stereocenters. The van der Waals surface area contributed by atoms with Crippen LogP contribution in [0.5, 0.6) is 0 Å². The number of halogens is 1. The van der Waals surface area contributed by atoms with Crippen molar-refractivity contribution in [2.24, 2.45) is 0 Å². The van der Waals surface area contributed by atoms with Gasteiger partial charge in [-0.3, -0.25) is 18.1 Å². The molecule has 0 aliphatic heterocycles. The van der Waals surface area contributed by atoms with Crippen molar-refractivity contribution in [1.82, 2.24) is 0 Å². The molecular weight excluding hydrogens is 342 g/mol. The molecule has 0 fully saturated rings. The zero-order chi connectivity index (χ0) is 16.1. The van der Waals surface area contributed by atoms with Gasteiger partial charge in [-0.1, -0.05) is 23.7 Å². The highest BCUT2D eigenvalue weighted by molar-refractivity contribution is 7.55. The third kappa shape index (κ3) is 4.62. The predicted octanol–water partition coefficient (Wildman–Crippen LogP) is 4.24. The Morgan fingerprint density at radius 2 is 1.57 bits per heavy atom. The van der Waals surface area contributed by atoms with E-state index in [0.29, 0.717) is 10.6 Å². The molecule has 0 aliphatic carbocycles. The van der Waals surface area contributed by atoms with E-state index in [1.807, 2.05) is 0 Å². The first kappa shape index (κ1) is 18.8. The molecule has 21 heavy (non-hydrogen) atoms. The van der Waals surface area contributed by atoms with E-state index in [0.717, 1.165) is 14.2 Å². The highest BCUT2D eigenvalue weighted by Gasteiger charge is 2.42. The molecule has 1 atom stereocenters. The number of phosphoric acid groups is 1. The summed E-state index contributed by atoms with van der Waals surface area (Å²) in [4.78, 5) is 0. The second-order valence-electron chi connectivity index (χ2n) is 3.73. The highest BCUT2D eigenvalue weighted by atomic mass is 35.5. The topological polar surface area (TPSA) is 80.3 Å². The molecule has 1 aromatic carbocycles.